The predicted molar refractivity (Wildman–Crippen MR) is 32.4 cm³/mol. The summed E-state index contributed by atoms with van der Waals surface area (Å²) in [6.45, 7) is 0. The highest BCUT2D eigenvalue weighted by molar-refractivity contribution is 5.47. The third-order valence-corrected chi connectivity index (χ3v) is 0.933. The quantitative estimate of drug-likeness (QED) is 0.534. The topological polar surface area (TPSA) is 38.3 Å². The second kappa shape index (κ2) is 2.91. The number of hydrogen-bond acceptors (Lipinski definition) is 2. The van der Waals surface area contributed by atoms with Gasteiger partial charge in [-0.15, -0.1) is 0 Å². The zero-order chi connectivity index (χ0) is 6.53. The van der Waals surface area contributed by atoms with Crippen molar-refractivity contribution in [2.24, 2.45) is 0 Å². The van der Waals surface area contributed by atoms with Crippen LogP contribution in [0.15, 0.2) is 24.5 Å². The molecular weight excluding hydrogens is 118 g/mol. The smallest absolute Gasteiger partial charge is 0.210 e. The predicted octanol–water partition coefficient (Wildman–Crippen LogP) is 0.159. The number of ether oxygens (including phenoxy) is 1. The maximum Gasteiger partial charge on any atom is 0.210 e. The van der Waals surface area contributed by atoms with E-state index in [1.165, 1.54) is 6.26 Å². The van der Waals surface area contributed by atoms with Crippen LogP contribution >= 0.6 is 0 Å². The Morgan fingerprint density at radius 3 is 3.00 bits per heavy atom. The van der Waals surface area contributed by atoms with Crippen LogP contribution in [0.25, 0.3) is 0 Å². The molecule has 1 rings (SSSR count). The summed E-state index contributed by atoms with van der Waals surface area (Å²) in [5.41, 5.74) is 0. The summed E-state index contributed by atoms with van der Waals surface area (Å²) < 4.78 is 4.91. The largest absolute Gasteiger partial charge is 0.475 e. The van der Waals surface area contributed by atoms with Gasteiger partial charge >= 0.3 is 0 Å². The average molecular weight is 125 g/mol. The average Bonchev–Trinajstić information content (AvgIpc) is 1.91. The first kappa shape index (κ1) is 5.88. The third kappa shape index (κ3) is 1.60. The second-order valence-corrected chi connectivity index (χ2v) is 1.55. The van der Waals surface area contributed by atoms with E-state index in [0.29, 0.717) is 6.41 Å². The van der Waals surface area contributed by atoms with Crippen molar-refractivity contribution in [2.75, 3.05) is 0 Å². The van der Waals surface area contributed by atoms with E-state index in [0.717, 1.165) is 0 Å². The number of carbonyl (C=O) groups is 1. The van der Waals surface area contributed by atoms with E-state index in [4.69, 9.17) is 4.74 Å². The Morgan fingerprint density at radius 2 is 2.44 bits per heavy atom. The summed E-state index contributed by atoms with van der Waals surface area (Å²) in [4.78, 5) is 9.82. The molecule has 0 fully saturated rings. The van der Waals surface area contributed by atoms with E-state index in [1.54, 1.807) is 12.2 Å². The number of nitrogens with one attached hydrogen (secondary N) is 1. The first-order valence-electron chi connectivity index (χ1n) is 2.62. The molecule has 1 N–H and O–H groups in total. The molecule has 1 amide bonds. The van der Waals surface area contributed by atoms with E-state index in [-0.39, 0.29) is 6.23 Å². The molecule has 1 unspecified atom stereocenters. The van der Waals surface area contributed by atoms with Crippen molar-refractivity contribution in [1.82, 2.24) is 5.32 Å². The Labute approximate surface area is 53.0 Å². The fourth-order valence-electron chi connectivity index (χ4n) is 0.548. The lowest BCUT2D eigenvalue weighted by Crippen LogP contribution is -2.27. The van der Waals surface area contributed by atoms with Gasteiger partial charge in [-0.3, -0.25) is 4.79 Å². The van der Waals surface area contributed by atoms with Gasteiger partial charge in [0.25, 0.3) is 0 Å². The van der Waals surface area contributed by atoms with Gasteiger partial charge in [-0.05, 0) is 12.2 Å². The normalized spacial score (nSPS) is 22.9. The number of rotatable bonds is 2. The lowest BCUT2D eigenvalue weighted by molar-refractivity contribution is -0.111. The minimum Gasteiger partial charge on any atom is -0.475 e. The molecule has 0 spiro atoms. The molecule has 0 saturated heterocycles. The highest BCUT2D eigenvalue weighted by atomic mass is 16.5. The maximum atomic E-state index is 9.82. The maximum absolute atomic E-state index is 9.82. The van der Waals surface area contributed by atoms with Gasteiger partial charge < -0.3 is 10.1 Å². The summed E-state index contributed by atoms with van der Waals surface area (Å²) in [6.07, 6.45) is 7.16. The molecule has 48 valence electrons. The summed E-state index contributed by atoms with van der Waals surface area (Å²) in [6, 6.07) is 0. The van der Waals surface area contributed by atoms with Crippen molar-refractivity contribution in [2.45, 2.75) is 6.23 Å². The van der Waals surface area contributed by atoms with Crippen LogP contribution in [0.2, 0.25) is 0 Å². The molecule has 1 aliphatic rings. The van der Waals surface area contributed by atoms with Crippen molar-refractivity contribution in [1.29, 1.82) is 0 Å². The van der Waals surface area contributed by atoms with E-state index in [2.05, 4.69) is 5.32 Å². The molecule has 3 nitrogen and oxygen atoms in total. The summed E-state index contributed by atoms with van der Waals surface area (Å²) >= 11 is 0. The van der Waals surface area contributed by atoms with Gasteiger partial charge in [0.15, 0.2) is 6.23 Å². The van der Waals surface area contributed by atoms with Gasteiger partial charge in [-0.1, -0.05) is 6.08 Å². The van der Waals surface area contributed by atoms with Crippen LogP contribution < -0.4 is 5.32 Å². The van der Waals surface area contributed by atoms with Crippen LogP contribution in [0.4, 0.5) is 0 Å². The van der Waals surface area contributed by atoms with Crippen LogP contribution in [0.1, 0.15) is 0 Å². The second-order valence-electron chi connectivity index (χ2n) is 1.55. The zero-order valence-corrected chi connectivity index (χ0v) is 4.78. The molecule has 0 saturated carbocycles. The Hall–Kier alpha value is -1.25. The Bertz CT molecular complexity index is 149. The first-order chi connectivity index (χ1) is 4.43. The molecule has 0 aromatic heterocycles. The van der Waals surface area contributed by atoms with Crippen LogP contribution in [0, 0.1) is 0 Å². The van der Waals surface area contributed by atoms with Crippen LogP contribution in [-0.2, 0) is 9.53 Å². The first-order valence-corrected chi connectivity index (χ1v) is 2.62. The molecule has 1 atom stereocenters. The van der Waals surface area contributed by atoms with Crippen LogP contribution in [0.5, 0.6) is 0 Å². The molecule has 0 aromatic carbocycles. The molecule has 3 heteroatoms. The summed E-state index contributed by atoms with van der Waals surface area (Å²) in [7, 11) is 0. The van der Waals surface area contributed by atoms with Crippen molar-refractivity contribution >= 4 is 6.41 Å². The van der Waals surface area contributed by atoms with Gasteiger partial charge in [0.05, 0.1) is 6.26 Å². The van der Waals surface area contributed by atoms with E-state index < -0.39 is 0 Å². The molecule has 1 heterocycles. The third-order valence-electron chi connectivity index (χ3n) is 0.933. The Kier molecular flexibility index (Phi) is 1.90. The van der Waals surface area contributed by atoms with Crippen molar-refractivity contribution in [3.8, 4) is 0 Å². The molecule has 9 heavy (non-hydrogen) atoms. The van der Waals surface area contributed by atoms with Gasteiger partial charge in [0.1, 0.15) is 0 Å². The number of amides is 1. The number of allylic oxidation sites excluding steroid dienone is 2. The summed E-state index contributed by atoms with van der Waals surface area (Å²) in [5, 5.41) is 2.44. The van der Waals surface area contributed by atoms with Gasteiger partial charge in [-0.25, -0.2) is 0 Å². The Morgan fingerprint density at radius 1 is 1.56 bits per heavy atom. The van der Waals surface area contributed by atoms with Gasteiger partial charge in [0, 0.05) is 0 Å². The SMILES string of the molecule is O=CNC1C=CC=CO1. The molecule has 0 radical (unpaired) electrons. The molecule has 0 bridgehead atoms. The lowest BCUT2D eigenvalue weighted by Gasteiger charge is -2.12. The van der Waals surface area contributed by atoms with Crippen molar-refractivity contribution in [3.05, 3.63) is 24.5 Å². The lowest BCUT2D eigenvalue weighted by atomic mass is 10.4. The fourth-order valence-corrected chi connectivity index (χ4v) is 0.548. The van der Waals surface area contributed by atoms with Crippen molar-refractivity contribution in [3.63, 3.8) is 0 Å². The molecular formula is C6H7NO2. The fraction of sp³-hybridized carbons (Fsp3) is 0.167. The standard InChI is InChI=1S/C6H7NO2/c8-5-7-6-3-1-2-4-9-6/h1-6H,(H,7,8). The van der Waals surface area contributed by atoms with Gasteiger partial charge in [-0.2, -0.15) is 0 Å². The zero-order valence-electron chi connectivity index (χ0n) is 4.78. The Balaban J connectivity index is 2.36. The van der Waals surface area contributed by atoms with E-state index >= 15 is 0 Å². The minimum atomic E-state index is -0.285. The molecule has 1 aliphatic heterocycles. The monoisotopic (exact) mass is 125 g/mol. The molecule has 0 aliphatic carbocycles. The number of carbonyl (C=O) groups excluding carboxylic acids is 1. The van der Waals surface area contributed by atoms with E-state index in [1.807, 2.05) is 6.08 Å². The van der Waals surface area contributed by atoms with E-state index in [9.17, 15) is 4.79 Å². The van der Waals surface area contributed by atoms with Crippen LogP contribution in [0.3, 0.4) is 0 Å². The summed E-state index contributed by atoms with van der Waals surface area (Å²) in [5.74, 6) is 0. The van der Waals surface area contributed by atoms with Crippen molar-refractivity contribution < 1.29 is 9.53 Å². The van der Waals surface area contributed by atoms with Gasteiger partial charge in [0.2, 0.25) is 6.41 Å². The molecule has 0 aromatic rings. The van der Waals surface area contributed by atoms with Crippen LogP contribution in [-0.4, -0.2) is 12.6 Å². The minimum absolute atomic E-state index is 0.285. The highest BCUT2D eigenvalue weighted by Gasteiger charge is 2.00. The highest BCUT2D eigenvalue weighted by Crippen LogP contribution is 1.96. The number of hydrogen-bond donors (Lipinski definition) is 1.